The Morgan fingerprint density at radius 1 is 1.39 bits per heavy atom. The van der Waals surface area contributed by atoms with E-state index in [1.54, 1.807) is 16.9 Å². The molecule has 0 aromatic carbocycles. The van der Waals surface area contributed by atoms with Crippen molar-refractivity contribution in [3.8, 4) is 0 Å². The Balaban J connectivity index is 1.88. The van der Waals surface area contributed by atoms with Crippen molar-refractivity contribution in [3.63, 3.8) is 0 Å². The molecule has 0 radical (unpaired) electrons. The first kappa shape index (κ1) is 12.7. The minimum absolute atomic E-state index is 0.449. The van der Waals surface area contributed by atoms with Crippen LogP contribution >= 0.6 is 0 Å². The molecule has 0 amide bonds. The van der Waals surface area contributed by atoms with Gasteiger partial charge in [0, 0.05) is 26.3 Å². The van der Waals surface area contributed by atoms with Gasteiger partial charge in [0.2, 0.25) is 0 Å². The molecule has 0 unspecified atom stereocenters. The molecule has 2 heterocycles. The molecule has 0 bridgehead atoms. The van der Waals surface area contributed by atoms with Crippen LogP contribution in [-0.2, 0) is 20.1 Å². The average Bonchev–Trinajstić information content (AvgIpc) is 2.90. The highest BCUT2D eigenvalue weighted by Crippen LogP contribution is 2.09. The molecule has 1 N–H and O–H groups in total. The molecule has 0 aliphatic carbocycles. The summed E-state index contributed by atoms with van der Waals surface area (Å²) in [4.78, 5) is 0. The van der Waals surface area contributed by atoms with Gasteiger partial charge in [-0.1, -0.05) is 0 Å². The van der Waals surface area contributed by atoms with Gasteiger partial charge in [-0.15, -0.1) is 0 Å². The van der Waals surface area contributed by atoms with Crippen molar-refractivity contribution in [3.05, 3.63) is 35.4 Å². The summed E-state index contributed by atoms with van der Waals surface area (Å²) in [6, 6.07) is 1.58. The van der Waals surface area contributed by atoms with E-state index in [1.165, 1.54) is 6.20 Å². The van der Waals surface area contributed by atoms with Crippen molar-refractivity contribution in [1.82, 2.24) is 24.9 Å². The molecular formula is C11H15F2N5. The predicted molar refractivity (Wildman–Crippen MR) is 62.0 cm³/mol. The van der Waals surface area contributed by atoms with Crippen LogP contribution in [0, 0.1) is 6.92 Å². The topological polar surface area (TPSA) is 47.7 Å². The lowest BCUT2D eigenvalue weighted by molar-refractivity contribution is 0.0561. The minimum atomic E-state index is -2.59. The second-order valence-electron chi connectivity index (χ2n) is 4.07. The van der Waals surface area contributed by atoms with Gasteiger partial charge in [-0.05, 0) is 18.6 Å². The number of nitrogens with zero attached hydrogens (tertiary/aromatic N) is 4. The third kappa shape index (κ3) is 2.73. The lowest BCUT2D eigenvalue weighted by atomic mass is 10.2. The lowest BCUT2D eigenvalue weighted by Crippen LogP contribution is -2.16. The summed E-state index contributed by atoms with van der Waals surface area (Å²) in [5.41, 5.74) is 2.77. The average molecular weight is 255 g/mol. The number of hydrogen-bond donors (Lipinski definition) is 1. The van der Waals surface area contributed by atoms with Gasteiger partial charge in [-0.2, -0.15) is 19.0 Å². The summed E-state index contributed by atoms with van der Waals surface area (Å²) in [5, 5.41) is 11.0. The Labute approximate surface area is 103 Å². The van der Waals surface area contributed by atoms with Gasteiger partial charge in [0.15, 0.2) is 0 Å². The lowest BCUT2D eigenvalue weighted by Gasteiger charge is -2.05. The zero-order valence-corrected chi connectivity index (χ0v) is 10.3. The Kier molecular flexibility index (Phi) is 3.71. The number of halogens is 2. The maximum absolute atomic E-state index is 12.3. The zero-order chi connectivity index (χ0) is 13.1. The van der Waals surface area contributed by atoms with Crippen LogP contribution in [0.2, 0.25) is 0 Å². The van der Waals surface area contributed by atoms with Crippen LogP contribution < -0.4 is 5.32 Å². The first-order valence-corrected chi connectivity index (χ1v) is 5.58. The maximum atomic E-state index is 12.3. The van der Waals surface area contributed by atoms with Gasteiger partial charge in [0.1, 0.15) is 0 Å². The Hall–Kier alpha value is -1.76. The van der Waals surface area contributed by atoms with Gasteiger partial charge in [-0.25, -0.2) is 4.68 Å². The summed E-state index contributed by atoms with van der Waals surface area (Å²) in [7, 11) is 1.87. The maximum Gasteiger partial charge on any atom is 0.333 e. The van der Waals surface area contributed by atoms with Crippen LogP contribution in [0.1, 0.15) is 23.5 Å². The van der Waals surface area contributed by atoms with Crippen LogP contribution in [0.3, 0.4) is 0 Å². The van der Waals surface area contributed by atoms with E-state index in [2.05, 4.69) is 15.5 Å². The van der Waals surface area contributed by atoms with Gasteiger partial charge in [-0.3, -0.25) is 4.68 Å². The van der Waals surface area contributed by atoms with E-state index in [-0.39, 0.29) is 0 Å². The summed E-state index contributed by atoms with van der Waals surface area (Å²) in [6.45, 7) is 0.474. The monoisotopic (exact) mass is 255 g/mol. The number of alkyl halides is 2. The van der Waals surface area contributed by atoms with E-state index in [1.807, 2.05) is 14.0 Å². The molecule has 2 rings (SSSR count). The number of rotatable bonds is 5. The molecule has 5 nitrogen and oxygen atoms in total. The normalized spacial score (nSPS) is 11.4. The number of nitrogens with one attached hydrogen (secondary N) is 1. The molecule has 0 aliphatic heterocycles. The highest BCUT2D eigenvalue weighted by atomic mass is 19.3. The molecule has 0 aliphatic rings. The number of hydrogen-bond acceptors (Lipinski definition) is 3. The summed E-state index contributed by atoms with van der Waals surface area (Å²) >= 11 is 0. The molecule has 7 heteroatoms. The van der Waals surface area contributed by atoms with Crippen LogP contribution in [-0.4, -0.2) is 19.6 Å². The Bertz CT molecular complexity index is 498. The van der Waals surface area contributed by atoms with E-state index in [0.717, 1.165) is 11.3 Å². The van der Waals surface area contributed by atoms with Crippen molar-refractivity contribution in [1.29, 1.82) is 0 Å². The fraction of sp³-hybridized carbons (Fsp3) is 0.455. The molecule has 98 valence electrons. The van der Waals surface area contributed by atoms with Crippen molar-refractivity contribution in [2.45, 2.75) is 26.6 Å². The second kappa shape index (κ2) is 5.26. The van der Waals surface area contributed by atoms with Crippen LogP contribution in [0.4, 0.5) is 8.78 Å². The van der Waals surface area contributed by atoms with Crippen LogP contribution in [0.25, 0.3) is 0 Å². The third-order valence-electron chi connectivity index (χ3n) is 2.73. The van der Waals surface area contributed by atoms with Gasteiger partial charge < -0.3 is 5.32 Å². The zero-order valence-electron chi connectivity index (χ0n) is 10.3. The molecule has 0 atom stereocenters. The molecule has 0 saturated carbocycles. The van der Waals surface area contributed by atoms with Gasteiger partial charge in [0.25, 0.3) is 0 Å². The van der Waals surface area contributed by atoms with Crippen molar-refractivity contribution >= 4 is 0 Å². The molecule has 2 aromatic heterocycles. The third-order valence-corrected chi connectivity index (χ3v) is 2.73. The molecule has 0 saturated heterocycles. The highest BCUT2D eigenvalue weighted by Gasteiger charge is 2.08. The van der Waals surface area contributed by atoms with Crippen molar-refractivity contribution in [2.24, 2.45) is 7.05 Å². The second-order valence-corrected chi connectivity index (χ2v) is 4.07. The Morgan fingerprint density at radius 3 is 2.72 bits per heavy atom. The number of aromatic nitrogens is 4. The molecule has 0 fully saturated rings. The summed E-state index contributed by atoms with van der Waals surface area (Å²) in [6.07, 6.45) is 3.07. The van der Waals surface area contributed by atoms with E-state index < -0.39 is 6.55 Å². The Morgan fingerprint density at radius 2 is 2.17 bits per heavy atom. The SMILES string of the molecule is Cc1cnn(C)c1CNCc1ccn(C(F)F)n1. The first-order valence-electron chi connectivity index (χ1n) is 5.58. The summed E-state index contributed by atoms with van der Waals surface area (Å²) < 4.78 is 27.0. The predicted octanol–water partition coefficient (Wildman–Crippen LogP) is 1.61. The fourth-order valence-electron chi connectivity index (χ4n) is 1.72. The van der Waals surface area contributed by atoms with Gasteiger partial charge in [0.05, 0.1) is 17.6 Å². The quantitative estimate of drug-likeness (QED) is 0.883. The van der Waals surface area contributed by atoms with Crippen LogP contribution in [0.15, 0.2) is 18.5 Å². The first-order chi connectivity index (χ1) is 8.58. The minimum Gasteiger partial charge on any atom is -0.305 e. The van der Waals surface area contributed by atoms with E-state index >= 15 is 0 Å². The van der Waals surface area contributed by atoms with E-state index in [4.69, 9.17) is 0 Å². The molecule has 0 spiro atoms. The molecule has 18 heavy (non-hydrogen) atoms. The van der Waals surface area contributed by atoms with E-state index in [9.17, 15) is 8.78 Å². The smallest absolute Gasteiger partial charge is 0.305 e. The van der Waals surface area contributed by atoms with Crippen LogP contribution in [0.5, 0.6) is 0 Å². The van der Waals surface area contributed by atoms with Crippen molar-refractivity contribution in [2.75, 3.05) is 0 Å². The van der Waals surface area contributed by atoms with Gasteiger partial charge >= 0.3 is 6.55 Å². The highest BCUT2D eigenvalue weighted by molar-refractivity contribution is 5.15. The van der Waals surface area contributed by atoms with Crippen molar-refractivity contribution < 1.29 is 8.78 Å². The summed E-state index contributed by atoms with van der Waals surface area (Å²) in [5.74, 6) is 0. The van der Waals surface area contributed by atoms with E-state index in [0.29, 0.717) is 23.5 Å². The molecular weight excluding hydrogens is 240 g/mol. The fourth-order valence-corrected chi connectivity index (χ4v) is 1.72. The molecule has 2 aromatic rings. The largest absolute Gasteiger partial charge is 0.333 e. The number of aryl methyl sites for hydroxylation is 2. The standard InChI is InChI=1S/C11H15F2N5/c1-8-5-15-17(2)10(8)7-14-6-9-3-4-18(16-9)11(12)13/h3-5,11,14H,6-7H2,1-2H3.